The number of nitrogens with one attached hydrogen (secondary N) is 2. The summed E-state index contributed by atoms with van der Waals surface area (Å²) in [7, 11) is 3.01. The van der Waals surface area contributed by atoms with Gasteiger partial charge in [0.2, 0.25) is 5.91 Å². The Morgan fingerprint density at radius 3 is 2.44 bits per heavy atom. The maximum absolute atomic E-state index is 12.2. The molecule has 2 aromatic rings. The number of nitrogens with zero attached hydrogens (tertiary/aromatic N) is 2. The van der Waals surface area contributed by atoms with Gasteiger partial charge < -0.3 is 20.1 Å². The van der Waals surface area contributed by atoms with E-state index >= 15 is 0 Å². The van der Waals surface area contributed by atoms with E-state index < -0.39 is 0 Å². The lowest BCUT2D eigenvalue weighted by Crippen LogP contribution is -2.37. The molecule has 1 aromatic heterocycles. The van der Waals surface area contributed by atoms with Crippen LogP contribution in [0.4, 0.5) is 0 Å². The number of methoxy groups -OCH3 is 2. The molecule has 2 N–H and O–H groups in total. The molecule has 0 aliphatic carbocycles. The van der Waals surface area contributed by atoms with Gasteiger partial charge in [-0.05, 0) is 24.6 Å². The Hall–Kier alpha value is -3.03. The van der Waals surface area contributed by atoms with Crippen LogP contribution >= 0.6 is 0 Å². The van der Waals surface area contributed by atoms with Gasteiger partial charge in [0.1, 0.15) is 11.5 Å². The maximum Gasteiger partial charge on any atom is 0.251 e. The van der Waals surface area contributed by atoms with Crippen LogP contribution in [0.25, 0.3) is 0 Å². The van der Waals surface area contributed by atoms with Crippen molar-refractivity contribution in [2.75, 3.05) is 27.3 Å². The van der Waals surface area contributed by atoms with Crippen molar-refractivity contribution in [2.24, 2.45) is 0 Å². The molecule has 0 bridgehead atoms. The number of amides is 2. The number of hydrogen-bond donors (Lipinski definition) is 2. The van der Waals surface area contributed by atoms with Crippen molar-refractivity contribution in [3.05, 3.63) is 42.2 Å². The second-order valence-electron chi connectivity index (χ2n) is 5.26. The van der Waals surface area contributed by atoms with Crippen molar-refractivity contribution in [1.29, 1.82) is 0 Å². The number of carbonyl (C=O) groups is 2. The molecule has 8 nitrogen and oxygen atoms in total. The van der Waals surface area contributed by atoms with Gasteiger partial charge in [-0.25, -0.2) is 0 Å². The van der Waals surface area contributed by atoms with Crippen LogP contribution in [0.2, 0.25) is 0 Å². The van der Waals surface area contributed by atoms with Gasteiger partial charge in [0, 0.05) is 37.1 Å². The lowest BCUT2D eigenvalue weighted by molar-refractivity contribution is -0.120. The zero-order chi connectivity index (χ0) is 18.1. The van der Waals surface area contributed by atoms with Crippen LogP contribution in [0.3, 0.4) is 0 Å². The van der Waals surface area contributed by atoms with Crippen molar-refractivity contribution in [2.45, 2.75) is 13.0 Å². The molecule has 0 fully saturated rings. The molecule has 0 spiro atoms. The molecule has 0 saturated carbocycles. The number of aryl methyl sites for hydroxylation is 1. The first-order valence-electron chi connectivity index (χ1n) is 7.87. The molecule has 0 aliphatic heterocycles. The van der Waals surface area contributed by atoms with Gasteiger partial charge in [-0.3, -0.25) is 14.3 Å². The molecule has 0 aliphatic rings. The first-order chi connectivity index (χ1) is 12.1. The Bertz CT molecular complexity index is 678. The standard InChI is InChI=1S/C17H22N4O4/c1-24-14-9-13(10-15(11-14)25-2)17(23)19-12-16(22)18-5-3-7-21-8-4-6-20-21/h4,6,8-11H,3,5,7,12H2,1-2H3,(H,18,22)(H,19,23). The van der Waals surface area contributed by atoms with Crippen molar-refractivity contribution in [3.63, 3.8) is 0 Å². The highest BCUT2D eigenvalue weighted by atomic mass is 16.5. The van der Waals surface area contributed by atoms with Gasteiger partial charge in [-0.15, -0.1) is 0 Å². The lowest BCUT2D eigenvalue weighted by atomic mass is 10.2. The maximum atomic E-state index is 12.2. The average molecular weight is 346 g/mol. The number of ether oxygens (including phenoxy) is 2. The third kappa shape index (κ3) is 5.83. The fourth-order valence-electron chi connectivity index (χ4n) is 2.17. The average Bonchev–Trinajstić information content (AvgIpc) is 3.16. The summed E-state index contributed by atoms with van der Waals surface area (Å²) in [6.45, 7) is 1.14. The van der Waals surface area contributed by atoms with Crippen molar-refractivity contribution >= 4 is 11.8 Å². The van der Waals surface area contributed by atoms with Gasteiger partial charge in [-0.1, -0.05) is 0 Å². The van der Waals surface area contributed by atoms with E-state index in [0.717, 1.165) is 13.0 Å². The van der Waals surface area contributed by atoms with Gasteiger partial charge >= 0.3 is 0 Å². The number of benzene rings is 1. The molecule has 0 atom stereocenters. The predicted octanol–water partition coefficient (Wildman–Crippen LogP) is 0.837. The Balaban J connectivity index is 1.74. The highest BCUT2D eigenvalue weighted by Gasteiger charge is 2.11. The zero-order valence-electron chi connectivity index (χ0n) is 14.3. The predicted molar refractivity (Wildman–Crippen MR) is 91.7 cm³/mol. The molecule has 8 heteroatoms. The van der Waals surface area contributed by atoms with Crippen molar-refractivity contribution in [3.8, 4) is 11.5 Å². The lowest BCUT2D eigenvalue weighted by Gasteiger charge is -2.09. The topological polar surface area (TPSA) is 94.5 Å². The Morgan fingerprint density at radius 2 is 1.84 bits per heavy atom. The highest BCUT2D eigenvalue weighted by molar-refractivity contribution is 5.97. The molecule has 0 unspecified atom stereocenters. The van der Waals surface area contributed by atoms with Gasteiger partial charge in [0.25, 0.3) is 5.91 Å². The van der Waals surface area contributed by atoms with Gasteiger partial charge in [0.05, 0.1) is 20.8 Å². The van der Waals surface area contributed by atoms with Crippen LogP contribution in [-0.4, -0.2) is 48.9 Å². The summed E-state index contributed by atoms with van der Waals surface area (Å²) >= 11 is 0. The summed E-state index contributed by atoms with van der Waals surface area (Å²) in [5.74, 6) is 0.396. The summed E-state index contributed by atoms with van der Waals surface area (Å²) in [6, 6.07) is 6.68. The number of carbonyl (C=O) groups excluding carboxylic acids is 2. The minimum absolute atomic E-state index is 0.0971. The molecule has 134 valence electrons. The molecule has 1 heterocycles. The summed E-state index contributed by atoms with van der Waals surface area (Å²) in [4.78, 5) is 23.9. The number of hydrogen-bond acceptors (Lipinski definition) is 5. The first kappa shape index (κ1) is 18.3. The van der Waals surface area contributed by atoms with Crippen molar-refractivity contribution < 1.29 is 19.1 Å². The third-order valence-corrected chi connectivity index (χ3v) is 3.47. The minimum atomic E-state index is -0.371. The number of aromatic nitrogens is 2. The van der Waals surface area contributed by atoms with E-state index in [1.165, 1.54) is 14.2 Å². The van der Waals surface area contributed by atoms with Crippen LogP contribution in [0, 0.1) is 0 Å². The Kier molecular flexibility index (Phi) is 6.82. The minimum Gasteiger partial charge on any atom is -0.497 e. The first-order valence-corrected chi connectivity index (χ1v) is 7.87. The normalized spacial score (nSPS) is 10.2. The van der Waals surface area contributed by atoms with E-state index in [4.69, 9.17) is 9.47 Å². The Labute approximate surface area is 146 Å². The molecule has 2 rings (SSSR count). The smallest absolute Gasteiger partial charge is 0.251 e. The second-order valence-corrected chi connectivity index (χ2v) is 5.26. The molecular weight excluding hydrogens is 324 g/mol. The largest absolute Gasteiger partial charge is 0.497 e. The summed E-state index contributed by atoms with van der Waals surface area (Å²) in [6.07, 6.45) is 4.33. The van der Waals surface area contributed by atoms with Crippen LogP contribution < -0.4 is 20.1 Å². The third-order valence-electron chi connectivity index (χ3n) is 3.47. The Morgan fingerprint density at radius 1 is 1.12 bits per heavy atom. The van der Waals surface area contributed by atoms with Crippen molar-refractivity contribution in [1.82, 2.24) is 20.4 Å². The van der Waals surface area contributed by atoms with E-state index in [-0.39, 0.29) is 18.4 Å². The zero-order valence-corrected chi connectivity index (χ0v) is 14.3. The SMILES string of the molecule is COc1cc(OC)cc(C(=O)NCC(=O)NCCCn2cccn2)c1. The van der Waals surface area contributed by atoms with Crippen LogP contribution in [0.15, 0.2) is 36.7 Å². The fraction of sp³-hybridized carbons (Fsp3) is 0.353. The molecular formula is C17H22N4O4. The number of rotatable bonds is 9. The summed E-state index contributed by atoms with van der Waals surface area (Å²) in [5.41, 5.74) is 0.364. The van der Waals surface area contributed by atoms with E-state index in [9.17, 15) is 9.59 Å². The highest BCUT2D eigenvalue weighted by Crippen LogP contribution is 2.22. The monoisotopic (exact) mass is 346 g/mol. The fourth-order valence-corrected chi connectivity index (χ4v) is 2.17. The molecule has 0 saturated heterocycles. The van der Waals surface area contributed by atoms with E-state index in [2.05, 4.69) is 15.7 Å². The van der Waals surface area contributed by atoms with E-state index in [1.54, 1.807) is 29.1 Å². The van der Waals surface area contributed by atoms with Crippen LogP contribution in [0.5, 0.6) is 11.5 Å². The molecule has 2 amide bonds. The van der Waals surface area contributed by atoms with Crippen LogP contribution in [-0.2, 0) is 11.3 Å². The summed E-state index contributed by atoms with van der Waals surface area (Å²) in [5, 5.41) is 9.41. The van der Waals surface area contributed by atoms with Gasteiger partial charge in [-0.2, -0.15) is 5.10 Å². The summed E-state index contributed by atoms with van der Waals surface area (Å²) < 4.78 is 12.0. The van der Waals surface area contributed by atoms with E-state index in [1.807, 2.05) is 12.3 Å². The van der Waals surface area contributed by atoms with Crippen LogP contribution in [0.1, 0.15) is 16.8 Å². The molecule has 0 radical (unpaired) electrons. The second kappa shape index (κ2) is 9.31. The molecule has 1 aromatic carbocycles. The van der Waals surface area contributed by atoms with Gasteiger partial charge in [0.15, 0.2) is 0 Å². The molecule has 25 heavy (non-hydrogen) atoms. The van der Waals surface area contributed by atoms with E-state index in [0.29, 0.717) is 23.6 Å². The quantitative estimate of drug-likeness (QED) is 0.656.